The first kappa shape index (κ1) is 10.2. The van der Waals surface area contributed by atoms with Crippen molar-refractivity contribution in [1.29, 1.82) is 0 Å². The average molecular weight is 218 g/mol. The minimum atomic E-state index is 0.537. The molecule has 0 fully saturated rings. The zero-order valence-electron chi connectivity index (χ0n) is 8.57. The summed E-state index contributed by atoms with van der Waals surface area (Å²) in [6, 6.07) is 10.2. The molecule has 0 saturated carbocycles. The molecule has 1 heterocycles. The first-order valence-electron chi connectivity index (χ1n) is 4.90. The number of allylic oxidation sites excluding steroid dienone is 1. The van der Waals surface area contributed by atoms with Gasteiger partial charge in [0, 0.05) is 17.0 Å². The van der Waals surface area contributed by atoms with Gasteiger partial charge in [0.05, 0.1) is 5.52 Å². The van der Waals surface area contributed by atoms with Gasteiger partial charge in [-0.3, -0.25) is 4.98 Å². The van der Waals surface area contributed by atoms with Crippen LogP contribution < -0.4 is 0 Å². The lowest BCUT2D eigenvalue weighted by Gasteiger charge is -2.03. The van der Waals surface area contributed by atoms with E-state index in [0.29, 0.717) is 5.88 Å². The number of nitrogens with zero attached hydrogens (tertiary/aromatic N) is 1. The van der Waals surface area contributed by atoms with Crippen LogP contribution in [0.5, 0.6) is 0 Å². The average Bonchev–Trinajstić information content (AvgIpc) is 2.25. The summed E-state index contributed by atoms with van der Waals surface area (Å²) in [4.78, 5) is 4.48. The van der Waals surface area contributed by atoms with E-state index in [0.717, 1.165) is 11.2 Å². The molecule has 1 nitrogen and oxygen atoms in total. The number of pyridine rings is 1. The number of para-hydroxylation sites is 1. The van der Waals surface area contributed by atoms with Gasteiger partial charge in [-0.05, 0) is 24.6 Å². The highest BCUT2D eigenvalue weighted by atomic mass is 35.5. The number of fused-ring (bicyclic) bond motifs is 1. The first-order chi connectivity index (χ1) is 7.31. The summed E-state index contributed by atoms with van der Waals surface area (Å²) in [6.45, 7) is 2.00. The van der Waals surface area contributed by atoms with Gasteiger partial charge in [0.25, 0.3) is 0 Å². The Labute approximate surface area is 94.4 Å². The van der Waals surface area contributed by atoms with Gasteiger partial charge in [0.2, 0.25) is 0 Å². The number of alkyl halides is 1. The van der Waals surface area contributed by atoms with Crippen LogP contribution in [-0.4, -0.2) is 10.9 Å². The van der Waals surface area contributed by atoms with Gasteiger partial charge in [-0.25, -0.2) is 0 Å². The van der Waals surface area contributed by atoms with E-state index in [9.17, 15) is 0 Å². The summed E-state index contributed by atoms with van der Waals surface area (Å²) in [5.74, 6) is 0.537. The van der Waals surface area contributed by atoms with Gasteiger partial charge in [-0.1, -0.05) is 30.4 Å². The standard InChI is InChI=1S/C13H12ClN/c1-10-9-11(5-4-8-14)12-6-2-3-7-13(12)15-10/h2-7,9H,8H2,1H3. The molecule has 0 bridgehead atoms. The Kier molecular flexibility index (Phi) is 3.02. The lowest BCUT2D eigenvalue weighted by Crippen LogP contribution is -1.86. The normalized spacial score (nSPS) is 11.3. The van der Waals surface area contributed by atoms with E-state index in [2.05, 4.69) is 17.1 Å². The Balaban J connectivity index is 2.65. The van der Waals surface area contributed by atoms with E-state index in [1.807, 2.05) is 37.3 Å². The van der Waals surface area contributed by atoms with Gasteiger partial charge in [0.15, 0.2) is 0 Å². The summed E-state index contributed by atoms with van der Waals surface area (Å²) in [6.07, 6.45) is 3.99. The van der Waals surface area contributed by atoms with Crippen molar-refractivity contribution in [3.05, 3.63) is 47.7 Å². The Bertz CT molecular complexity index is 503. The minimum Gasteiger partial charge on any atom is -0.253 e. The lowest BCUT2D eigenvalue weighted by molar-refractivity contribution is 1.25. The molecule has 0 aliphatic rings. The lowest BCUT2D eigenvalue weighted by atomic mass is 10.1. The van der Waals surface area contributed by atoms with Crippen LogP contribution in [0.15, 0.2) is 36.4 Å². The number of rotatable bonds is 2. The molecule has 0 spiro atoms. The molecule has 0 atom stereocenters. The van der Waals surface area contributed by atoms with Crippen LogP contribution >= 0.6 is 11.6 Å². The largest absolute Gasteiger partial charge is 0.253 e. The van der Waals surface area contributed by atoms with E-state index in [1.54, 1.807) is 0 Å². The van der Waals surface area contributed by atoms with Crippen LogP contribution in [0.4, 0.5) is 0 Å². The fourth-order valence-corrected chi connectivity index (χ4v) is 1.74. The van der Waals surface area contributed by atoms with Gasteiger partial charge in [0.1, 0.15) is 0 Å². The van der Waals surface area contributed by atoms with Gasteiger partial charge >= 0.3 is 0 Å². The Morgan fingerprint density at radius 3 is 2.93 bits per heavy atom. The topological polar surface area (TPSA) is 12.9 Å². The minimum absolute atomic E-state index is 0.537. The molecule has 0 aliphatic carbocycles. The fraction of sp³-hybridized carbons (Fsp3) is 0.154. The van der Waals surface area contributed by atoms with E-state index in [4.69, 9.17) is 11.6 Å². The second kappa shape index (κ2) is 4.45. The molecule has 0 unspecified atom stereocenters. The SMILES string of the molecule is Cc1cc(C=CCCl)c2ccccc2n1. The number of hydrogen-bond donors (Lipinski definition) is 0. The quantitative estimate of drug-likeness (QED) is 0.698. The summed E-state index contributed by atoms with van der Waals surface area (Å²) in [5.41, 5.74) is 3.24. The van der Waals surface area contributed by atoms with E-state index in [-0.39, 0.29) is 0 Å². The third-order valence-electron chi connectivity index (χ3n) is 2.26. The number of benzene rings is 1. The van der Waals surface area contributed by atoms with Crippen LogP contribution in [0, 0.1) is 6.92 Å². The molecule has 0 N–H and O–H groups in total. The van der Waals surface area contributed by atoms with Crippen molar-refractivity contribution in [2.45, 2.75) is 6.92 Å². The Morgan fingerprint density at radius 1 is 1.33 bits per heavy atom. The highest BCUT2D eigenvalue weighted by Crippen LogP contribution is 2.19. The molecule has 1 aromatic carbocycles. The highest BCUT2D eigenvalue weighted by molar-refractivity contribution is 6.19. The molecular formula is C13H12ClN. The van der Waals surface area contributed by atoms with E-state index in [1.165, 1.54) is 10.9 Å². The van der Waals surface area contributed by atoms with Crippen molar-refractivity contribution in [3.8, 4) is 0 Å². The summed E-state index contributed by atoms with van der Waals surface area (Å²) in [5, 5.41) is 1.17. The molecule has 1 aromatic heterocycles. The van der Waals surface area contributed by atoms with Crippen LogP contribution in [0.2, 0.25) is 0 Å². The monoisotopic (exact) mass is 217 g/mol. The van der Waals surface area contributed by atoms with Gasteiger partial charge in [-0.15, -0.1) is 11.6 Å². The predicted molar refractivity (Wildman–Crippen MR) is 66.2 cm³/mol. The van der Waals surface area contributed by atoms with E-state index < -0.39 is 0 Å². The molecule has 15 heavy (non-hydrogen) atoms. The second-order valence-corrected chi connectivity index (χ2v) is 3.74. The summed E-state index contributed by atoms with van der Waals surface area (Å²) in [7, 11) is 0. The van der Waals surface area contributed by atoms with E-state index >= 15 is 0 Å². The molecular weight excluding hydrogens is 206 g/mol. The third kappa shape index (κ3) is 2.18. The first-order valence-corrected chi connectivity index (χ1v) is 5.43. The molecule has 76 valence electrons. The third-order valence-corrected chi connectivity index (χ3v) is 2.44. The van der Waals surface area contributed by atoms with Crippen molar-refractivity contribution >= 4 is 28.6 Å². The Morgan fingerprint density at radius 2 is 2.13 bits per heavy atom. The fourth-order valence-electron chi connectivity index (χ4n) is 1.65. The van der Waals surface area contributed by atoms with Crippen LogP contribution in [0.25, 0.3) is 17.0 Å². The van der Waals surface area contributed by atoms with Crippen molar-refractivity contribution in [3.63, 3.8) is 0 Å². The molecule has 0 radical (unpaired) electrons. The van der Waals surface area contributed by atoms with Crippen LogP contribution in [-0.2, 0) is 0 Å². The summed E-state index contributed by atoms with van der Waals surface area (Å²) >= 11 is 5.64. The molecule has 0 amide bonds. The van der Waals surface area contributed by atoms with Crippen LogP contribution in [0.1, 0.15) is 11.3 Å². The van der Waals surface area contributed by atoms with Gasteiger partial charge < -0.3 is 0 Å². The number of aryl methyl sites for hydroxylation is 1. The zero-order chi connectivity index (χ0) is 10.7. The van der Waals surface area contributed by atoms with Crippen LogP contribution in [0.3, 0.4) is 0 Å². The molecule has 2 heteroatoms. The van der Waals surface area contributed by atoms with Crippen molar-refractivity contribution < 1.29 is 0 Å². The zero-order valence-corrected chi connectivity index (χ0v) is 9.33. The second-order valence-electron chi connectivity index (χ2n) is 3.43. The highest BCUT2D eigenvalue weighted by Gasteiger charge is 1.99. The van der Waals surface area contributed by atoms with Gasteiger partial charge in [-0.2, -0.15) is 0 Å². The number of aromatic nitrogens is 1. The van der Waals surface area contributed by atoms with Crippen molar-refractivity contribution in [1.82, 2.24) is 4.98 Å². The predicted octanol–water partition coefficient (Wildman–Crippen LogP) is 3.80. The Hall–Kier alpha value is -1.34. The van der Waals surface area contributed by atoms with Crippen molar-refractivity contribution in [2.75, 3.05) is 5.88 Å². The maximum atomic E-state index is 5.64. The summed E-state index contributed by atoms with van der Waals surface area (Å²) < 4.78 is 0. The smallest absolute Gasteiger partial charge is 0.0711 e. The molecule has 2 aromatic rings. The number of hydrogen-bond acceptors (Lipinski definition) is 1. The maximum absolute atomic E-state index is 5.64. The van der Waals surface area contributed by atoms with Crippen molar-refractivity contribution in [2.24, 2.45) is 0 Å². The number of halogens is 1. The maximum Gasteiger partial charge on any atom is 0.0711 e. The molecule has 2 rings (SSSR count). The molecule has 0 aliphatic heterocycles. The molecule has 0 saturated heterocycles.